The molecule has 28 heavy (non-hydrogen) atoms. The predicted molar refractivity (Wildman–Crippen MR) is 107 cm³/mol. The first-order chi connectivity index (χ1) is 13.5. The van der Waals surface area contributed by atoms with Gasteiger partial charge >= 0.3 is 5.97 Å². The van der Waals surface area contributed by atoms with Gasteiger partial charge in [-0.3, -0.25) is 9.59 Å². The largest absolute Gasteiger partial charge is 0.481 e. The summed E-state index contributed by atoms with van der Waals surface area (Å²) in [6, 6.07) is 13.6. The van der Waals surface area contributed by atoms with Crippen LogP contribution in [0.15, 0.2) is 46.9 Å². The Bertz CT molecular complexity index is 1090. The lowest BCUT2D eigenvalue weighted by molar-refractivity contribution is -0.137. The highest BCUT2D eigenvalue weighted by atomic mass is 79.9. The molecule has 1 heterocycles. The number of carboxylic acid groups (broad SMARTS) is 1. The van der Waals surface area contributed by atoms with Crippen LogP contribution in [0, 0.1) is 0 Å². The molecule has 1 aliphatic rings. The van der Waals surface area contributed by atoms with Gasteiger partial charge in [-0.25, -0.2) is 9.97 Å². The number of carboxylic acids is 1. The highest BCUT2D eigenvalue weighted by molar-refractivity contribution is 9.10. The van der Waals surface area contributed by atoms with E-state index in [0.717, 1.165) is 38.0 Å². The molecule has 1 aliphatic carbocycles. The Balaban J connectivity index is 1.96. The molecule has 0 aliphatic heterocycles. The summed E-state index contributed by atoms with van der Waals surface area (Å²) in [5.41, 5.74) is 4.28. The molecule has 0 bridgehead atoms. The van der Waals surface area contributed by atoms with Crippen molar-refractivity contribution in [2.24, 2.45) is 0 Å². The minimum absolute atomic E-state index is 0.0208. The lowest BCUT2D eigenvalue weighted by Crippen LogP contribution is -2.29. The maximum absolute atomic E-state index is 11.4. The van der Waals surface area contributed by atoms with E-state index in [1.165, 1.54) is 0 Å². The van der Waals surface area contributed by atoms with Crippen LogP contribution < -0.4 is 0 Å². The molecule has 3 aromatic rings. The Morgan fingerprint density at radius 3 is 2.75 bits per heavy atom. The topological polar surface area (TPSA) is 89.4 Å². The summed E-state index contributed by atoms with van der Waals surface area (Å²) >= 11 is 3.47. The van der Waals surface area contributed by atoms with Gasteiger partial charge in [-0.05, 0) is 36.6 Å². The molecule has 2 aromatic carbocycles. The van der Waals surface area contributed by atoms with Crippen molar-refractivity contribution in [1.82, 2.24) is 9.97 Å². The van der Waals surface area contributed by atoms with Crippen molar-refractivity contribution < 1.29 is 19.4 Å². The van der Waals surface area contributed by atoms with E-state index in [-0.39, 0.29) is 13.0 Å². The van der Waals surface area contributed by atoms with Gasteiger partial charge in [-0.1, -0.05) is 40.2 Å². The number of carbonyl (C=O) groups excluding carboxylic acids is 1. The zero-order chi connectivity index (χ0) is 19.7. The van der Waals surface area contributed by atoms with Gasteiger partial charge < -0.3 is 9.84 Å². The minimum atomic E-state index is -0.877. The zero-order valence-corrected chi connectivity index (χ0v) is 16.5. The van der Waals surface area contributed by atoms with Gasteiger partial charge in [0.25, 0.3) is 6.47 Å². The summed E-state index contributed by atoms with van der Waals surface area (Å²) in [6.45, 7) is 0.588. The molecule has 7 heteroatoms. The summed E-state index contributed by atoms with van der Waals surface area (Å²) in [6.07, 6.45) is 0.771. The molecule has 0 saturated heterocycles. The number of fused-ring (bicyclic) bond motifs is 4. The van der Waals surface area contributed by atoms with Crippen LogP contribution in [0.2, 0.25) is 0 Å². The Labute approximate surface area is 169 Å². The van der Waals surface area contributed by atoms with Crippen LogP contribution in [0.25, 0.3) is 22.3 Å². The third kappa shape index (κ3) is 3.05. The first kappa shape index (κ1) is 18.6. The molecule has 4 rings (SSSR count). The SMILES string of the molecule is O=COCCC1(CCC(=O)O)c2ccccc2-c2nc3ccc(Br)cc3nc21. The van der Waals surface area contributed by atoms with Gasteiger partial charge in [-0.15, -0.1) is 0 Å². The average Bonchev–Trinajstić information content (AvgIpc) is 2.95. The summed E-state index contributed by atoms with van der Waals surface area (Å²) in [7, 11) is 0. The smallest absolute Gasteiger partial charge is 0.303 e. The normalized spacial score (nSPS) is 17.2. The van der Waals surface area contributed by atoms with Gasteiger partial charge in [0.2, 0.25) is 0 Å². The van der Waals surface area contributed by atoms with E-state index < -0.39 is 11.4 Å². The molecular formula is C21H17BrN2O4. The van der Waals surface area contributed by atoms with Crippen molar-refractivity contribution in [3.8, 4) is 11.3 Å². The Kier molecular flexibility index (Phi) is 4.85. The van der Waals surface area contributed by atoms with E-state index in [4.69, 9.17) is 14.7 Å². The van der Waals surface area contributed by atoms with Crippen LogP contribution >= 0.6 is 15.9 Å². The third-order valence-electron chi connectivity index (χ3n) is 5.26. The second-order valence-electron chi connectivity index (χ2n) is 6.79. The molecule has 1 unspecified atom stereocenters. The first-order valence-corrected chi connectivity index (χ1v) is 9.69. The fraction of sp³-hybridized carbons (Fsp3) is 0.238. The van der Waals surface area contributed by atoms with Crippen molar-refractivity contribution >= 4 is 39.4 Å². The van der Waals surface area contributed by atoms with E-state index >= 15 is 0 Å². The fourth-order valence-electron chi connectivity index (χ4n) is 4.02. The molecule has 142 valence electrons. The number of halogens is 1. The monoisotopic (exact) mass is 440 g/mol. The Morgan fingerprint density at radius 2 is 1.96 bits per heavy atom. The minimum Gasteiger partial charge on any atom is -0.481 e. The van der Waals surface area contributed by atoms with Crippen LogP contribution in [0.1, 0.15) is 30.5 Å². The van der Waals surface area contributed by atoms with Gasteiger partial charge in [0, 0.05) is 21.9 Å². The van der Waals surface area contributed by atoms with Gasteiger partial charge in [-0.2, -0.15) is 0 Å². The van der Waals surface area contributed by atoms with E-state index in [0.29, 0.717) is 19.3 Å². The second kappa shape index (κ2) is 7.31. The van der Waals surface area contributed by atoms with Crippen molar-refractivity contribution in [2.45, 2.75) is 24.7 Å². The summed E-state index contributed by atoms with van der Waals surface area (Å²) in [5, 5.41) is 9.33. The lowest BCUT2D eigenvalue weighted by atomic mass is 9.74. The molecular weight excluding hydrogens is 424 g/mol. The van der Waals surface area contributed by atoms with Gasteiger partial charge in [0.1, 0.15) is 0 Å². The number of rotatable bonds is 7. The van der Waals surface area contributed by atoms with E-state index in [1.54, 1.807) is 0 Å². The Morgan fingerprint density at radius 1 is 1.14 bits per heavy atom. The van der Waals surface area contributed by atoms with Crippen LogP contribution in [0.4, 0.5) is 0 Å². The van der Waals surface area contributed by atoms with Gasteiger partial charge in [0.15, 0.2) is 0 Å². The van der Waals surface area contributed by atoms with Crippen molar-refractivity contribution in [3.63, 3.8) is 0 Å². The maximum Gasteiger partial charge on any atom is 0.303 e. The number of carbonyl (C=O) groups is 2. The fourth-order valence-corrected chi connectivity index (χ4v) is 4.37. The van der Waals surface area contributed by atoms with E-state index in [9.17, 15) is 14.7 Å². The summed E-state index contributed by atoms with van der Waals surface area (Å²) < 4.78 is 5.87. The van der Waals surface area contributed by atoms with E-state index in [1.807, 2.05) is 42.5 Å². The number of aliphatic carboxylic acids is 1. The van der Waals surface area contributed by atoms with Gasteiger partial charge in [0.05, 0.1) is 29.0 Å². The molecule has 0 fully saturated rings. The van der Waals surface area contributed by atoms with Crippen LogP contribution in [-0.2, 0) is 19.7 Å². The number of ether oxygens (including phenoxy) is 1. The molecule has 1 aromatic heterocycles. The van der Waals surface area contributed by atoms with Crippen molar-refractivity contribution in [3.05, 3.63) is 58.2 Å². The number of nitrogens with zero attached hydrogens (tertiary/aromatic N) is 2. The summed E-state index contributed by atoms with van der Waals surface area (Å²) in [5.74, 6) is -0.877. The standard InChI is InChI=1S/C21H17BrN2O4/c22-13-5-6-16-17(11-13)24-20-19(23-16)14-3-1-2-4-15(14)21(20,8-7-18(26)27)9-10-28-12-25/h1-6,11-12H,7-10H2,(H,26,27). The molecule has 0 saturated carbocycles. The molecule has 0 amide bonds. The van der Waals surface area contributed by atoms with Crippen LogP contribution in [0.5, 0.6) is 0 Å². The van der Waals surface area contributed by atoms with Crippen molar-refractivity contribution in [2.75, 3.05) is 6.61 Å². The molecule has 1 N–H and O–H groups in total. The highest BCUT2D eigenvalue weighted by Crippen LogP contribution is 2.52. The second-order valence-corrected chi connectivity index (χ2v) is 7.71. The predicted octanol–water partition coefficient (Wildman–Crippen LogP) is 4.09. The zero-order valence-electron chi connectivity index (χ0n) is 14.9. The van der Waals surface area contributed by atoms with Crippen LogP contribution in [0.3, 0.4) is 0 Å². The van der Waals surface area contributed by atoms with Crippen molar-refractivity contribution in [1.29, 1.82) is 0 Å². The number of benzene rings is 2. The summed E-state index contributed by atoms with van der Waals surface area (Å²) in [4.78, 5) is 31.8. The highest BCUT2D eigenvalue weighted by Gasteiger charge is 2.45. The number of hydrogen-bond acceptors (Lipinski definition) is 5. The average molecular weight is 441 g/mol. The molecule has 0 radical (unpaired) electrons. The maximum atomic E-state index is 11.4. The molecule has 0 spiro atoms. The number of hydrogen-bond donors (Lipinski definition) is 1. The molecule has 6 nitrogen and oxygen atoms in total. The quantitative estimate of drug-likeness (QED) is 0.439. The lowest BCUT2D eigenvalue weighted by Gasteiger charge is -2.30. The van der Waals surface area contributed by atoms with E-state index in [2.05, 4.69) is 15.9 Å². The molecule has 1 atom stereocenters. The van der Waals surface area contributed by atoms with Crippen LogP contribution in [-0.4, -0.2) is 34.1 Å². The first-order valence-electron chi connectivity index (χ1n) is 8.90. The number of aromatic nitrogens is 2. The third-order valence-corrected chi connectivity index (χ3v) is 5.75. The Hall–Kier alpha value is -2.80.